The third kappa shape index (κ3) is 4.63. The van der Waals surface area contributed by atoms with Crippen LogP contribution in [0, 0.1) is 0 Å². The highest BCUT2D eigenvalue weighted by molar-refractivity contribution is 8.00. The zero-order valence-electron chi connectivity index (χ0n) is 14.4. The van der Waals surface area contributed by atoms with Crippen LogP contribution in [0.1, 0.15) is 25.3 Å². The topological polar surface area (TPSA) is 73.0 Å². The van der Waals surface area contributed by atoms with Crippen molar-refractivity contribution in [3.63, 3.8) is 0 Å². The van der Waals surface area contributed by atoms with Gasteiger partial charge in [-0.2, -0.15) is 5.10 Å². The summed E-state index contributed by atoms with van der Waals surface area (Å²) in [5.74, 6) is 0.0287. The number of nitrogens with one attached hydrogen (secondary N) is 1. The number of thioether (sulfide) groups is 1. The lowest BCUT2D eigenvalue weighted by Crippen LogP contribution is -2.33. The van der Waals surface area contributed by atoms with E-state index < -0.39 is 0 Å². The molecule has 132 valence electrons. The molecular formula is C18H22N4O2S. The van der Waals surface area contributed by atoms with Gasteiger partial charge in [-0.25, -0.2) is 4.98 Å². The molecule has 1 aromatic carbocycles. The molecule has 0 saturated carbocycles. The molecule has 2 aromatic heterocycles. The van der Waals surface area contributed by atoms with Crippen LogP contribution in [0.5, 0.6) is 0 Å². The SMILES string of the molecule is CC[C@H](Sc1nc2ccccc2o1)C(=O)NCCCc1cnn(C)c1. The van der Waals surface area contributed by atoms with Crippen LogP contribution >= 0.6 is 11.8 Å². The zero-order chi connectivity index (χ0) is 17.6. The average Bonchev–Trinajstić information content (AvgIpc) is 3.21. The maximum atomic E-state index is 12.4. The van der Waals surface area contributed by atoms with Crippen LogP contribution in [0.3, 0.4) is 0 Å². The third-order valence-electron chi connectivity index (χ3n) is 3.88. The standard InChI is InChI=1S/C18H22N4O2S/c1-3-16(25-18-21-14-8-4-5-9-15(14)24-18)17(23)19-10-6-7-13-11-20-22(2)12-13/h4-5,8-9,11-12,16H,3,6-7,10H2,1-2H3,(H,19,23)/t16-/m0/s1. The van der Waals surface area contributed by atoms with E-state index in [0.717, 1.165) is 30.4 Å². The summed E-state index contributed by atoms with van der Waals surface area (Å²) < 4.78 is 7.49. The van der Waals surface area contributed by atoms with Crippen LogP contribution in [-0.2, 0) is 18.3 Å². The van der Waals surface area contributed by atoms with Gasteiger partial charge in [-0.15, -0.1) is 0 Å². The number of benzene rings is 1. The van der Waals surface area contributed by atoms with Crippen LogP contribution in [0.2, 0.25) is 0 Å². The van der Waals surface area contributed by atoms with Crippen molar-refractivity contribution < 1.29 is 9.21 Å². The first kappa shape index (κ1) is 17.5. The highest BCUT2D eigenvalue weighted by Gasteiger charge is 2.20. The van der Waals surface area contributed by atoms with E-state index in [1.54, 1.807) is 4.68 Å². The van der Waals surface area contributed by atoms with Crippen LogP contribution in [0.4, 0.5) is 0 Å². The normalized spacial score (nSPS) is 12.4. The van der Waals surface area contributed by atoms with Gasteiger partial charge >= 0.3 is 0 Å². The molecule has 7 heteroatoms. The second-order valence-electron chi connectivity index (χ2n) is 5.88. The number of oxazole rings is 1. The van der Waals surface area contributed by atoms with Crippen molar-refractivity contribution in [1.29, 1.82) is 0 Å². The summed E-state index contributed by atoms with van der Waals surface area (Å²) in [5.41, 5.74) is 2.75. The summed E-state index contributed by atoms with van der Waals surface area (Å²) in [5, 5.41) is 7.49. The second-order valence-corrected chi connectivity index (χ2v) is 7.03. The molecule has 3 rings (SSSR count). The van der Waals surface area contributed by atoms with Crippen molar-refractivity contribution in [2.45, 2.75) is 36.7 Å². The number of carbonyl (C=O) groups is 1. The minimum Gasteiger partial charge on any atom is -0.431 e. The van der Waals surface area contributed by atoms with Crippen molar-refractivity contribution in [2.75, 3.05) is 6.54 Å². The van der Waals surface area contributed by atoms with Gasteiger partial charge in [0.2, 0.25) is 5.91 Å². The Kier molecular flexibility index (Phi) is 5.75. The molecule has 0 aliphatic carbocycles. The Morgan fingerprint density at radius 1 is 1.40 bits per heavy atom. The highest BCUT2D eigenvalue weighted by Crippen LogP contribution is 2.28. The number of carbonyl (C=O) groups excluding carboxylic acids is 1. The number of aryl methyl sites for hydroxylation is 2. The van der Waals surface area contributed by atoms with Crippen LogP contribution in [0.15, 0.2) is 46.3 Å². The van der Waals surface area contributed by atoms with Crippen LogP contribution in [0.25, 0.3) is 11.1 Å². The molecule has 1 atom stereocenters. The van der Waals surface area contributed by atoms with E-state index in [0.29, 0.717) is 11.8 Å². The number of para-hydroxylation sites is 2. The Balaban J connectivity index is 1.48. The summed E-state index contributed by atoms with van der Waals surface area (Å²) in [7, 11) is 1.90. The van der Waals surface area contributed by atoms with E-state index in [2.05, 4.69) is 15.4 Å². The maximum absolute atomic E-state index is 12.4. The van der Waals surface area contributed by atoms with Crippen molar-refractivity contribution in [1.82, 2.24) is 20.1 Å². The lowest BCUT2D eigenvalue weighted by atomic mass is 10.2. The van der Waals surface area contributed by atoms with Crippen molar-refractivity contribution in [3.8, 4) is 0 Å². The molecule has 0 aliphatic heterocycles. The van der Waals surface area contributed by atoms with Crippen LogP contribution < -0.4 is 5.32 Å². The van der Waals surface area contributed by atoms with Gasteiger partial charge in [0.15, 0.2) is 5.58 Å². The molecule has 0 radical (unpaired) electrons. The summed E-state index contributed by atoms with van der Waals surface area (Å²) >= 11 is 1.38. The zero-order valence-corrected chi connectivity index (χ0v) is 15.3. The molecule has 0 unspecified atom stereocenters. The fourth-order valence-corrected chi connectivity index (χ4v) is 3.45. The van der Waals surface area contributed by atoms with E-state index in [1.807, 2.05) is 50.6 Å². The van der Waals surface area contributed by atoms with Gasteiger partial charge in [0.25, 0.3) is 5.22 Å². The summed E-state index contributed by atoms with van der Waals surface area (Å²) in [6, 6.07) is 7.62. The summed E-state index contributed by atoms with van der Waals surface area (Å²) in [6.07, 6.45) is 6.38. The Hall–Kier alpha value is -2.28. The summed E-state index contributed by atoms with van der Waals surface area (Å²) in [4.78, 5) is 16.8. The minimum atomic E-state index is -0.202. The first-order chi connectivity index (χ1) is 12.2. The van der Waals surface area contributed by atoms with E-state index >= 15 is 0 Å². The number of aromatic nitrogens is 3. The maximum Gasteiger partial charge on any atom is 0.257 e. The first-order valence-corrected chi connectivity index (χ1v) is 9.31. The molecule has 0 spiro atoms. The number of hydrogen-bond donors (Lipinski definition) is 1. The van der Waals surface area contributed by atoms with Crippen molar-refractivity contribution >= 4 is 28.8 Å². The smallest absolute Gasteiger partial charge is 0.257 e. The van der Waals surface area contributed by atoms with Gasteiger partial charge in [-0.05, 0) is 37.0 Å². The average molecular weight is 358 g/mol. The highest BCUT2D eigenvalue weighted by atomic mass is 32.2. The van der Waals surface area contributed by atoms with Gasteiger partial charge in [0.1, 0.15) is 5.52 Å². The quantitative estimate of drug-likeness (QED) is 0.494. The number of rotatable bonds is 8. The molecule has 2 heterocycles. The predicted octanol–water partition coefficient (Wildman–Crippen LogP) is 3.18. The summed E-state index contributed by atoms with van der Waals surface area (Å²) in [6.45, 7) is 2.65. The molecule has 0 fully saturated rings. The lowest BCUT2D eigenvalue weighted by molar-refractivity contribution is -0.120. The Morgan fingerprint density at radius 3 is 2.96 bits per heavy atom. The third-order valence-corrected chi connectivity index (χ3v) is 5.09. The molecule has 0 saturated heterocycles. The van der Waals surface area contributed by atoms with Crippen molar-refractivity contribution in [2.24, 2.45) is 7.05 Å². The fourth-order valence-electron chi connectivity index (χ4n) is 2.56. The van der Waals surface area contributed by atoms with Crippen LogP contribution in [-0.4, -0.2) is 32.5 Å². The number of nitrogens with zero attached hydrogens (tertiary/aromatic N) is 3. The molecule has 0 aliphatic rings. The minimum absolute atomic E-state index is 0.0287. The van der Waals surface area contributed by atoms with Gasteiger partial charge in [-0.3, -0.25) is 9.48 Å². The number of hydrogen-bond acceptors (Lipinski definition) is 5. The number of amides is 1. The molecule has 25 heavy (non-hydrogen) atoms. The molecular weight excluding hydrogens is 336 g/mol. The van der Waals surface area contributed by atoms with Gasteiger partial charge < -0.3 is 9.73 Å². The van der Waals surface area contributed by atoms with E-state index in [4.69, 9.17) is 4.42 Å². The first-order valence-electron chi connectivity index (χ1n) is 8.43. The monoisotopic (exact) mass is 358 g/mol. The molecule has 0 bridgehead atoms. The molecule has 6 nitrogen and oxygen atoms in total. The Bertz CT molecular complexity index is 809. The van der Waals surface area contributed by atoms with E-state index in [9.17, 15) is 4.79 Å². The fraction of sp³-hybridized carbons (Fsp3) is 0.389. The Morgan fingerprint density at radius 2 is 2.24 bits per heavy atom. The van der Waals surface area contributed by atoms with Gasteiger partial charge in [0.05, 0.1) is 11.4 Å². The Labute approximate surface area is 151 Å². The largest absolute Gasteiger partial charge is 0.431 e. The van der Waals surface area contributed by atoms with Gasteiger partial charge in [0, 0.05) is 19.8 Å². The molecule has 3 aromatic rings. The van der Waals surface area contributed by atoms with E-state index in [-0.39, 0.29) is 11.2 Å². The van der Waals surface area contributed by atoms with Crippen molar-refractivity contribution in [3.05, 3.63) is 42.2 Å². The second kappa shape index (κ2) is 8.20. The van der Waals surface area contributed by atoms with Gasteiger partial charge in [-0.1, -0.05) is 30.8 Å². The predicted molar refractivity (Wildman–Crippen MR) is 98.5 cm³/mol. The number of fused-ring (bicyclic) bond motifs is 1. The van der Waals surface area contributed by atoms with E-state index in [1.165, 1.54) is 17.3 Å². The lowest BCUT2D eigenvalue weighted by Gasteiger charge is -2.12. The molecule has 1 N–H and O–H groups in total. The molecule has 1 amide bonds.